The van der Waals surface area contributed by atoms with E-state index < -0.39 is 0 Å². The van der Waals surface area contributed by atoms with Crippen molar-refractivity contribution in [2.45, 2.75) is 58.0 Å². The van der Waals surface area contributed by atoms with Crippen molar-refractivity contribution in [3.63, 3.8) is 0 Å². The molecule has 2 saturated carbocycles. The monoisotopic (exact) mass is 299 g/mol. The Labute approximate surface area is 131 Å². The lowest BCUT2D eigenvalue weighted by Gasteiger charge is -2.48. The normalized spacial score (nSPS) is 36.6. The molecule has 0 bridgehead atoms. The van der Waals surface area contributed by atoms with E-state index in [1.807, 2.05) is 0 Å². The standard InChI is InChI=1S/C19H25NO2/c1-19-7-6-13-14(16(19)4-5-18(19)22)3-2-11-9-17(20)12(10-21)8-15(11)13/h8-9,13-14,16,21H,2-7,10,20H2,1H3. The first-order valence-corrected chi connectivity index (χ1v) is 8.60. The Bertz CT molecular complexity index is 639. The molecule has 1 aromatic rings. The minimum Gasteiger partial charge on any atom is -0.398 e. The van der Waals surface area contributed by atoms with Gasteiger partial charge in [-0.25, -0.2) is 0 Å². The van der Waals surface area contributed by atoms with Crippen LogP contribution < -0.4 is 5.73 Å². The number of anilines is 1. The van der Waals surface area contributed by atoms with Gasteiger partial charge in [0.05, 0.1) is 6.61 Å². The van der Waals surface area contributed by atoms with E-state index in [4.69, 9.17) is 5.73 Å². The summed E-state index contributed by atoms with van der Waals surface area (Å²) in [7, 11) is 0. The molecule has 1 aromatic carbocycles. The van der Waals surface area contributed by atoms with Crippen LogP contribution >= 0.6 is 0 Å². The summed E-state index contributed by atoms with van der Waals surface area (Å²) >= 11 is 0. The molecule has 4 rings (SSSR count). The maximum Gasteiger partial charge on any atom is 0.139 e. The number of rotatable bonds is 1. The molecule has 3 N–H and O–H groups in total. The fourth-order valence-electron chi connectivity index (χ4n) is 5.60. The third-order valence-electron chi connectivity index (χ3n) is 6.86. The van der Waals surface area contributed by atoms with Crippen LogP contribution in [0.1, 0.15) is 61.6 Å². The number of aliphatic hydroxyl groups excluding tert-OH is 1. The smallest absolute Gasteiger partial charge is 0.139 e. The van der Waals surface area contributed by atoms with E-state index in [0.717, 1.165) is 43.4 Å². The van der Waals surface area contributed by atoms with Gasteiger partial charge >= 0.3 is 0 Å². The molecule has 0 spiro atoms. The number of nitrogens with two attached hydrogens (primary N) is 1. The van der Waals surface area contributed by atoms with Gasteiger partial charge in [-0.15, -0.1) is 0 Å². The number of nitrogen functional groups attached to an aromatic ring is 1. The quantitative estimate of drug-likeness (QED) is 0.783. The number of benzene rings is 1. The van der Waals surface area contributed by atoms with E-state index in [9.17, 15) is 9.90 Å². The number of Topliss-reactive ketones (excluding diaryl/α,β-unsaturated/α-hetero) is 1. The second kappa shape index (κ2) is 4.82. The molecule has 0 amide bonds. The molecule has 3 heteroatoms. The highest BCUT2D eigenvalue weighted by Gasteiger charge is 2.54. The molecule has 3 nitrogen and oxygen atoms in total. The molecule has 22 heavy (non-hydrogen) atoms. The van der Waals surface area contributed by atoms with Gasteiger partial charge in [0.15, 0.2) is 0 Å². The zero-order valence-corrected chi connectivity index (χ0v) is 13.3. The molecule has 0 radical (unpaired) electrons. The zero-order chi connectivity index (χ0) is 15.5. The van der Waals surface area contributed by atoms with Gasteiger partial charge in [-0.05, 0) is 67.1 Å². The van der Waals surface area contributed by atoms with Crippen LogP contribution in [-0.2, 0) is 17.8 Å². The predicted molar refractivity (Wildman–Crippen MR) is 86.4 cm³/mol. The number of aryl methyl sites for hydroxylation is 1. The fraction of sp³-hybridized carbons (Fsp3) is 0.632. The van der Waals surface area contributed by atoms with E-state index in [-0.39, 0.29) is 12.0 Å². The van der Waals surface area contributed by atoms with Crippen molar-refractivity contribution in [1.29, 1.82) is 0 Å². The van der Waals surface area contributed by atoms with Crippen molar-refractivity contribution < 1.29 is 9.90 Å². The van der Waals surface area contributed by atoms with E-state index in [2.05, 4.69) is 19.1 Å². The Morgan fingerprint density at radius 3 is 2.86 bits per heavy atom. The van der Waals surface area contributed by atoms with Crippen LogP contribution in [-0.4, -0.2) is 10.9 Å². The Hall–Kier alpha value is -1.35. The predicted octanol–water partition coefficient (Wildman–Crippen LogP) is 3.19. The number of hydrogen-bond acceptors (Lipinski definition) is 3. The van der Waals surface area contributed by atoms with E-state index >= 15 is 0 Å². The van der Waals surface area contributed by atoms with Gasteiger partial charge in [-0.3, -0.25) is 4.79 Å². The van der Waals surface area contributed by atoms with E-state index in [1.54, 1.807) is 0 Å². The first kappa shape index (κ1) is 14.3. The largest absolute Gasteiger partial charge is 0.398 e. The third-order valence-corrected chi connectivity index (χ3v) is 6.86. The summed E-state index contributed by atoms with van der Waals surface area (Å²) in [5.74, 6) is 2.24. The maximum atomic E-state index is 12.3. The summed E-state index contributed by atoms with van der Waals surface area (Å²) in [4.78, 5) is 12.3. The van der Waals surface area contributed by atoms with Crippen LogP contribution in [0.5, 0.6) is 0 Å². The van der Waals surface area contributed by atoms with Crippen molar-refractivity contribution in [3.05, 3.63) is 28.8 Å². The van der Waals surface area contributed by atoms with Crippen molar-refractivity contribution in [2.24, 2.45) is 17.3 Å². The highest BCUT2D eigenvalue weighted by Crippen LogP contribution is 2.59. The number of ketones is 1. The van der Waals surface area contributed by atoms with Crippen molar-refractivity contribution in [2.75, 3.05) is 5.73 Å². The van der Waals surface area contributed by atoms with Gasteiger partial charge in [0.25, 0.3) is 0 Å². The van der Waals surface area contributed by atoms with Crippen LogP contribution in [0.2, 0.25) is 0 Å². The molecule has 0 heterocycles. The molecule has 0 aromatic heterocycles. The molecule has 4 atom stereocenters. The number of carbonyl (C=O) groups excluding carboxylic acids is 1. The van der Waals surface area contributed by atoms with Gasteiger partial charge in [0.1, 0.15) is 5.78 Å². The highest BCUT2D eigenvalue weighted by atomic mass is 16.3. The zero-order valence-electron chi connectivity index (χ0n) is 13.3. The van der Waals surface area contributed by atoms with Gasteiger partial charge in [-0.1, -0.05) is 13.0 Å². The van der Waals surface area contributed by atoms with Crippen LogP contribution in [0.4, 0.5) is 5.69 Å². The molecule has 0 saturated heterocycles. The van der Waals surface area contributed by atoms with E-state index in [0.29, 0.717) is 23.5 Å². The summed E-state index contributed by atoms with van der Waals surface area (Å²) in [6.07, 6.45) is 6.23. The lowest BCUT2D eigenvalue weighted by atomic mass is 9.55. The minimum atomic E-state index is -0.0632. The Balaban J connectivity index is 1.74. The molecular weight excluding hydrogens is 274 g/mol. The maximum absolute atomic E-state index is 12.3. The summed E-state index contributed by atoms with van der Waals surface area (Å²) in [6.45, 7) is 2.22. The highest BCUT2D eigenvalue weighted by molar-refractivity contribution is 5.87. The number of aliphatic hydroxyl groups is 1. The average molecular weight is 299 g/mol. The topological polar surface area (TPSA) is 63.3 Å². The van der Waals surface area contributed by atoms with Crippen LogP contribution in [0.25, 0.3) is 0 Å². The third kappa shape index (κ3) is 1.81. The second-order valence-electron chi connectivity index (χ2n) is 7.74. The first-order valence-electron chi connectivity index (χ1n) is 8.60. The van der Waals surface area contributed by atoms with Crippen molar-refractivity contribution >= 4 is 11.5 Å². The molecule has 3 aliphatic rings. The fourth-order valence-corrected chi connectivity index (χ4v) is 5.60. The second-order valence-corrected chi connectivity index (χ2v) is 7.74. The number of fused-ring (bicyclic) bond motifs is 5. The summed E-state index contributed by atoms with van der Waals surface area (Å²) in [6, 6.07) is 4.21. The molecular formula is C19H25NO2. The summed E-state index contributed by atoms with van der Waals surface area (Å²) < 4.78 is 0. The first-order chi connectivity index (χ1) is 10.5. The Morgan fingerprint density at radius 2 is 2.09 bits per heavy atom. The van der Waals surface area contributed by atoms with Gasteiger partial charge in [-0.2, -0.15) is 0 Å². The van der Waals surface area contributed by atoms with Gasteiger partial charge < -0.3 is 10.8 Å². The average Bonchev–Trinajstić information content (AvgIpc) is 2.82. The molecule has 118 valence electrons. The molecule has 4 unspecified atom stereocenters. The van der Waals surface area contributed by atoms with Gasteiger partial charge in [0, 0.05) is 23.1 Å². The van der Waals surface area contributed by atoms with E-state index in [1.165, 1.54) is 17.5 Å². The van der Waals surface area contributed by atoms with Crippen LogP contribution in [0.3, 0.4) is 0 Å². The minimum absolute atomic E-state index is 0.0100. The SMILES string of the molecule is CC12CCC3c4cc(CO)c(N)cc4CCC3C1CCC2=O. The van der Waals surface area contributed by atoms with Crippen molar-refractivity contribution in [3.8, 4) is 0 Å². The molecule has 0 aliphatic heterocycles. The van der Waals surface area contributed by atoms with Crippen LogP contribution in [0, 0.1) is 17.3 Å². The van der Waals surface area contributed by atoms with Crippen LogP contribution in [0.15, 0.2) is 12.1 Å². The summed E-state index contributed by atoms with van der Waals surface area (Å²) in [5.41, 5.74) is 10.3. The lowest BCUT2D eigenvalue weighted by Crippen LogP contribution is -2.42. The molecule has 3 aliphatic carbocycles. The number of carbonyl (C=O) groups is 1. The Morgan fingerprint density at radius 1 is 1.27 bits per heavy atom. The number of hydrogen-bond donors (Lipinski definition) is 2. The van der Waals surface area contributed by atoms with Crippen molar-refractivity contribution in [1.82, 2.24) is 0 Å². The van der Waals surface area contributed by atoms with Gasteiger partial charge in [0.2, 0.25) is 0 Å². The lowest BCUT2D eigenvalue weighted by molar-refractivity contribution is -0.129. The molecule has 2 fully saturated rings. The summed E-state index contributed by atoms with van der Waals surface area (Å²) in [5, 5.41) is 9.52. The Kier molecular flexibility index (Phi) is 3.12.